The predicted molar refractivity (Wildman–Crippen MR) is 95.1 cm³/mol. The van der Waals surface area contributed by atoms with E-state index in [2.05, 4.69) is 0 Å². The Balaban J connectivity index is 1.97. The van der Waals surface area contributed by atoms with Gasteiger partial charge in [0.2, 0.25) is 0 Å². The summed E-state index contributed by atoms with van der Waals surface area (Å²) in [5.74, 6) is -0.408. The van der Waals surface area contributed by atoms with Crippen LogP contribution in [0.2, 0.25) is 0 Å². The molecule has 6 nitrogen and oxygen atoms in total. The number of amides is 1. The maximum Gasteiger partial charge on any atom is 0.263 e. The summed E-state index contributed by atoms with van der Waals surface area (Å²) >= 11 is 0. The third-order valence-corrected chi connectivity index (χ3v) is 6.21. The second-order valence-corrected chi connectivity index (χ2v) is 8.54. The van der Waals surface area contributed by atoms with Gasteiger partial charge in [-0.05, 0) is 24.1 Å². The molecule has 1 aliphatic rings. The summed E-state index contributed by atoms with van der Waals surface area (Å²) in [6.45, 7) is 0.276. The lowest BCUT2D eigenvalue weighted by molar-refractivity contribution is 0.0678. The van der Waals surface area contributed by atoms with E-state index in [0.717, 1.165) is 5.56 Å². The zero-order chi connectivity index (χ0) is 18.0. The van der Waals surface area contributed by atoms with E-state index < -0.39 is 21.8 Å². The lowest BCUT2D eigenvalue weighted by Crippen LogP contribution is -2.43. The van der Waals surface area contributed by atoms with Gasteiger partial charge in [-0.2, -0.15) is 0 Å². The Morgan fingerprint density at radius 2 is 1.92 bits per heavy atom. The van der Waals surface area contributed by atoms with Gasteiger partial charge in [0.15, 0.2) is 9.84 Å². The van der Waals surface area contributed by atoms with Crippen molar-refractivity contribution < 1.29 is 13.2 Å². The third-order valence-electron chi connectivity index (χ3n) is 4.46. The fourth-order valence-corrected chi connectivity index (χ4v) is 4.81. The standard InChI is InChI=1S/C18H20N2O4S/c1-19-10-5-8-16(17(19)21)18(22)20(12-14-6-3-2-4-7-14)15-9-11-25(23,24)13-15/h2-8,10,15H,9,11-13H2,1H3. The van der Waals surface area contributed by atoms with Gasteiger partial charge in [-0.25, -0.2) is 8.42 Å². The molecule has 2 heterocycles. The van der Waals surface area contributed by atoms with Gasteiger partial charge in [0.25, 0.3) is 11.5 Å². The van der Waals surface area contributed by atoms with Gasteiger partial charge in [-0.3, -0.25) is 9.59 Å². The first-order chi connectivity index (χ1) is 11.9. The van der Waals surface area contributed by atoms with Crippen LogP contribution >= 0.6 is 0 Å². The summed E-state index contributed by atoms with van der Waals surface area (Å²) in [5.41, 5.74) is 0.574. The molecule has 1 aromatic carbocycles. The lowest BCUT2D eigenvalue weighted by atomic mass is 10.1. The molecule has 0 radical (unpaired) electrons. The molecule has 1 saturated heterocycles. The van der Waals surface area contributed by atoms with Crippen LogP contribution in [-0.2, 0) is 23.4 Å². The smallest absolute Gasteiger partial charge is 0.263 e. The van der Waals surface area contributed by atoms with E-state index in [0.29, 0.717) is 6.42 Å². The quantitative estimate of drug-likeness (QED) is 0.821. The Bertz CT molecular complexity index is 935. The van der Waals surface area contributed by atoms with Gasteiger partial charge in [-0.15, -0.1) is 0 Å². The Kier molecular flexibility index (Phi) is 4.76. The fraction of sp³-hybridized carbons (Fsp3) is 0.333. The van der Waals surface area contributed by atoms with Crippen LogP contribution in [0.15, 0.2) is 53.5 Å². The van der Waals surface area contributed by atoms with Crippen molar-refractivity contribution in [3.05, 3.63) is 70.1 Å². The van der Waals surface area contributed by atoms with Gasteiger partial charge in [0, 0.05) is 25.8 Å². The molecule has 25 heavy (non-hydrogen) atoms. The van der Waals surface area contributed by atoms with E-state index in [1.54, 1.807) is 19.3 Å². The summed E-state index contributed by atoms with van der Waals surface area (Å²) in [5, 5.41) is 0. The van der Waals surface area contributed by atoms with Gasteiger partial charge >= 0.3 is 0 Å². The van der Waals surface area contributed by atoms with Crippen LogP contribution in [0.1, 0.15) is 22.3 Å². The summed E-state index contributed by atoms with van der Waals surface area (Å²) in [4.78, 5) is 26.9. The Labute approximate surface area is 146 Å². The van der Waals surface area contributed by atoms with Gasteiger partial charge in [-0.1, -0.05) is 30.3 Å². The second kappa shape index (κ2) is 6.84. The van der Waals surface area contributed by atoms with E-state index in [1.807, 2.05) is 30.3 Å². The summed E-state index contributed by atoms with van der Waals surface area (Å²) in [6, 6.07) is 12.1. The first-order valence-electron chi connectivity index (χ1n) is 8.08. The largest absolute Gasteiger partial charge is 0.330 e. The van der Waals surface area contributed by atoms with Crippen LogP contribution in [0.4, 0.5) is 0 Å². The first-order valence-corrected chi connectivity index (χ1v) is 9.90. The van der Waals surface area contributed by atoms with Crippen molar-refractivity contribution in [2.45, 2.75) is 19.0 Å². The highest BCUT2D eigenvalue weighted by Crippen LogP contribution is 2.21. The molecule has 1 aliphatic heterocycles. The zero-order valence-electron chi connectivity index (χ0n) is 14.0. The minimum absolute atomic E-state index is 0.0568. The normalized spacial score (nSPS) is 18.8. The van der Waals surface area contributed by atoms with Crippen LogP contribution in [-0.4, -0.2) is 41.3 Å². The molecular weight excluding hydrogens is 340 g/mol. The molecule has 7 heteroatoms. The molecule has 1 aromatic heterocycles. The van der Waals surface area contributed by atoms with Crippen molar-refractivity contribution in [1.82, 2.24) is 9.47 Å². The van der Waals surface area contributed by atoms with Gasteiger partial charge < -0.3 is 9.47 Å². The number of hydrogen-bond donors (Lipinski definition) is 0. The molecule has 2 aromatic rings. The van der Waals surface area contributed by atoms with Crippen LogP contribution in [0.25, 0.3) is 0 Å². The van der Waals surface area contributed by atoms with Crippen molar-refractivity contribution in [2.75, 3.05) is 11.5 Å². The summed E-state index contributed by atoms with van der Waals surface area (Å²) in [6.07, 6.45) is 1.98. The van der Waals surface area contributed by atoms with Crippen molar-refractivity contribution in [2.24, 2.45) is 7.05 Å². The van der Waals surface area contributed by atoms with Crippen LogP contribution in [0, 0.1) is 0 Å². The average Bonchev–Trinajstić information content (AvgIpc) is 2.95. The van der Waals surface area contributed by atoms with Crippen molar-refractivity contribution in [3.63, 3.8) is 0 Å². The van der Waals surface area contributed by atoms with E-state index >= 15 is 0 Å². The number of benzene rings is 1. The van der Waals surface area contributed by atoms with E-state index in [1.165, 1.54) is 15.5 Å². The maximum atomic E-state index is 13.0. The highest BCUT2D eigenvalue weighted by molar-refractivity contribution is 7.91. The number of aryl methyl sites for hydroxylation is 1. The molecule has 0 bridgehead atoms. The van der Waals surface area contributed by atoms with Crippen molar-refractivity contribution in [1.29, 1.82) is 0 Å². The molecule has 0 N–H and O–H groups in total. The number of hydrogen-bond acceptors (Lipinski definition) is 4. The molecule has 1 fully saturated rings. The summed E-state index contributed by atoms with van der Waals surface area (Å²) < 4.78 is 25.1. The fourth-order valence-electron chi connectivity index (χ4n) is 3.08. The number of aromatic nitrogens is 1. The number of rotatable bonds is 4. The first kappa shape index (κ1) is 17.4. The third kappa shape index (κ3) is 3.82. The zero-order valence-corrected chi connectivity index (χ0v) is 14.8. The Morgan fingerprint density at radius 1 is 1.20 bits per heavy atom. The number of pyridine rings is 1. The van der Waals surface area contributed by atoms with E-state index in [4.69, 9.17) is 0 Å². The molecule has 0 saturated carbocycles. The minimum atomic E-state index is -3.14. The van der Waals surface area contributed by atoms with Gasteiger partial charge in [0.05, 0.1) is 11.5 Å². The van der Waals surface area contributed by atoms with Crippen LogP contribution < -0.4 is 5.56 Å². The average molecular weight is 360 g/mol. The van der Waals surface area contributed by atoms with Crippen LogP contribution in [0.3, 0.4) is 0 Å². The number of nitrogens with zero attached hydrogens (tertiary/aromatic N) is 2. The SMILES string of the molecule is Cn1cccc(C(=O)N(Cc2ccccc2)C2CCS(=O)(=O)C2)c1=O. The predicted octanol–water partition coefficient (Wildman–Crippen LogP) is 1.21. The molecule has 0 aliphatic carbocycles. The molecule has 132 valence electrons. The monoisotopic (exact) mass is 360 g/mol. The Hall–Kier alpha value is -2.41. The molecule has 0 spiro atoms. The van der Waals surface area contributed by atoms with E-state index in [-0.39, 0.29) is 29.2 Å². The molecule has 1 unspecified atom stereocenters. The second-order valence-electron chi connectivity index (χ2n) is 6.31. The maximum absolute atomic E-state index is 13.0. The minimum Gasteiger partial charge on any atom is -0.330 e. The van der Waals surface area contributed by atoms with E-state index in [9.17, 15) is 18.0 Å². The highest BCUT2D eigenvalue weighted by Gasteiger charge is 2.35. The topological polar surface area (TPSA) is 76.5 Å². The highest BCUT2D eigenvalue weighted by atomic mass is 32.2. The number of carbonyl (C=O) groups is 1. The van der Waals surface area contributed by atoms with Crippen LogP contribution in [0.5, 0.6) is 0 Å². The number of sulfone groups is 1. The van der Waals surface area contributed by atoms with Crippen molar-refractivity contribution >= 4 is 15.7 Å². The molecular formula is C18H20N2O4S. The molecule has 1 amide bonds. The molecule has 3 rings (SSSR count). The Morgan fingerprint density at radius 3 is 2.56 bits per heavy atom. The van der Waals surface area contributed by atoms with Gasteiger partial charge in [0.1, 0.15) is 5.56 Å². The summed E-state index contributed by atoms with van der Waals surface area (Å²) in [7, 11) is -1.56. The molecule has 1 atom stereocenters. The van der Waals surface area contributed by atoms with Crippen molar-refractivity contribution in [3.8, 4) is 0 Å². The lowest BCUT2D eigenvalue weighted by Gasteiger charge is -2.28. The number of carbonyl (C=O) groups excluding carboxylic acids is 1.